The van der Waals surface area contributed by atoms with Crippen molar-refractivity contribution < 1.29 is 14.3 Å². The van der Waals surface area contributed by atoms with Gasteiger partial charge in [-0.2, -0.15) is 0 Å². The van der Waals surface area contributed by atoms with Gasteiger partial charge in [-0.05, 0) is 51.3 Å². The van der Waals surface area contributed by atoms with E-state index in [1.54, 1.807) is 0 Å². The zero-order valence-electron chi connectivity index (χ0n) is 12.0. The standard InChI is InChI=1S/C17H18O3/c1-9-7-17(4-5-17)20-16-11(3)15-13(6-12(9)16)10(2)14(8-18)19-15/h6-7,18H,4-5,8H2,1-3H3. The van der Waals surface area contributed by atoms with E-state index in [4.69, 9.17) is 9.15 Å². The maximum Gasteiger partial charge on any atom is 0.141 e. The number of furan rings is 1. The van der Waals surface area contributed by atoms with Crippen molar-refractivity contribution in [3.05, 3.63) is 34.6 Å². The highest BCUT2D eigenvalue weighted by molar-refractivity contribution is 5.92. The van der Waals surface area contributed by atoms with Crippen molar-refractivity contribution in [2.75, 3.05) is 0 Å². The van der Waals surface area contributed by atoms with E-state index in [1.165, 1.54) is 5.57 Å². The summed E-state index contributed by atoms with van der Waals surface area (Å²) >= 11 is 0. The van der Waals surface area contributed by atoms with Crippen molar-refractivity contribution in [1.82, 2.24) is 0 Å². The van der Waals surface area contributed by atoms with Crippen LogP contribution in [-0.2, 0) is 6.61 Å². The number of benzene rings is 1. The molecule has 1 fully saturated rings. The molecule has 0 amide bonds. The van der Waals surface area contributed by atoms with E-state index in [1.807, 2.05) is 13.8 Å². The summed E-state index contributed by atoms with van der Waals surface area (Å²) in [6, 6.07) is 2.14. The largest absolute Gasteiger partial charge is 0.482 e. The molecule has 4 rings (SSSR count). The molecule has 1 aromatic carbocycles. The van der Waals surface area contributed by atoms with Gasteiger partial charge < -0.3 is 14.3 Å². The van der Waals surface area contributed by atoms with E-state index < -0.39 is 0 Å². The summed E-state index contributed by atoms with van der Waals surface area (Å²) in [4.78, 5) is 0. The van der Waals surface area contributed by atoms with E-state index >= 15 is 0 Å². The Morgan fingerprint density at radius 1 is 1.20 bits per heavy atom. The minimum Gasteiger partial charge on any atom is -0.482 e. The monoisotopic (exact) mass is 270 g/mol. The molecule has 3 nitrogen and oxygen atoms in total. The topological polar surface area (TPSA) is 42.6 Å². The maximum atomic E-state index is 9.38. The molecule has 2 aromatic rings. The third-order valence-electron chi connectivity index (χ3n) is 4.60. The van der Waals surface area contributed by atoms with Gasteiger partial charge in [-0.15, -0.1) is 0 Å². The van der Waals surface area contributed by atoms with Crippen LogP contribution in [0.2, 0.25) is 0 Å². The molecule has 1 aliphatic heterocycles. The average Bonchev–Trinajstić information content (AvgIpc) is 3.08. The molecule has 2 heterocycles. The maximum absolute atomic E-state index is 9.38. The molecule has 3 heteroatoms. The van der Waals surface area contributed by atoms with E-state index in [-0.39, 0.29) is 12.2 Å². The van der Waals surface area contributed by atoms with Gasteiger partial charge in [0.05, 0.1) is 0 Å². The van der Waals surface area contributed by atoms with Crippen molar-refractivity contribution in [3.63, 3.8) is 0 Å². The lowest BCUT2D eigenvalue weighted by Crippen LogP contribution is -2.20. The number of fused-ring (bicyclic) bond motifs is 2. The fraction of sp³-hybridized carbons (Fsp3) is 0.412. The summed E-state index contributed by atoms with van der Waals surface area (Å²) in [6.45, 7) is 6.12. The molecule has 0 unspecified atom stereocenters. The summed E-state index contributed by atoms with van der Waals surface area (Å²) in [5.74, 6) is 1.60. The van der Waals surface area contributed by atoms with Crippen LogP contribution in [0, 0.1) is 13.8 Å². The van der Waals surface area contributed by atoms with Gasteiger partial charge in [0.15, 0.2) is 0 Å². The number of hydrogen-bond donors (Lipinski definition) is 1. The SMILES string of the molecule is CC1=CC2(CC2)Oc2c1cc1c(C)c(CO)oc1c2C. The van der Waals surface area contributed by atoms with Crippen LogP contribution in [0.5, 0.6) is 5.75 Å². The van der Waals surface area contributed by atoms with Crippen molar-refractivity contribution in [2.45, 2.75) is 45.8 Å². The summed E-state index contributed by atoms with van der Waals surface area (Å²) in [5, 5.41) is 10.5. The highest BCUT2D eigenvalue weighted by Crippen LogP contribution is 2.51. The van der Waals surface area contributed by atoms with Crippen LogP contribution < -0.4 is 4.74 Å². The fourth-order valence-electron chi connectivity index (χ4n) is 3.19. The van der Waals surface area contributed by atoms with Crippen LogP contribution in [0.15, 0.2) is 16.6 Å². The number of hydrogen-bond acceptors (Lipinski definition) is 3. The second kappa shape index (κ2) is 3.67. The first-order valence-corrected chi connectivity index (χ1v) is 7.10. The Morgan fingerprint density at radius 2 is 1.95 bits per heavy atom. The molecular formula is C17H18O3. The van der Waals surface area contributed by atoms with Crippen molar-refractivity contribution >= 4 is 16.5 Å². The van der Waals surface area contributed by atoms with Crippen LogP contribution in [0.25, 0.3) is 16.5 Å². The molecule has 0 saturated heterocycles. The molecule has 1 N–H and O–H groups in total. The molecule has 104 valence electrons. The number of allylic oxidation sites excluding steroid dienone is 1. The quantitative estimate of drug-likeness (QED) is 0.855. The summed E-state index contributed by atoms with van der Waals surface area (Å²) in [5.41, 5.74) is 5.28. The Labute approximate surface area is 117 Å². The van der Waals surface area contributed by atoms with E-state index in [9.17, 15) is 5.11 Å². The molecule has 2 aliphatic rings. The normalized spacial score (nSPS) is 18.9. The zero-order chi connectivity index (χ0) is 14.1. The molecule has 20 heavy (non-hydrogen) atoms. The van der Waals surface area contributed by atoms with Crippen LogP contribution in [0.4, 0.5) is 0 Å². The number of ether oxygens (including phenoxy) is 1. The van der Waals surface area contributed by atoms with E-state index in [2.05, 4.69) is 19.1 Å². The van der Waals surface area contributed by atoms with Gasteiger partial charge in [-0.1, -0.05) is 0 Å². The van der Waals surface area contributed by atoms with Gasteiger partial charge in [0.1, 0.15) is 29.3 Å². The second-order valence-corrected chi connectivity index (χ2v) is 6.06. The Kier molecular flexibility index (Phi) is 2.21. The fourth-order valence-corrected chi connectivity index (χ4v) is 3.19. The molecule has 1 saturated carbocycles. The molecular weight excluding hydrogens is 252 g/mol. The summed E-state index contributed by atoms with van der Waals surface area (Å²) in [6.07, 6.45) is 4.45. The Bertz CT molecular complexity index is 760. The number of aryl methyl sites for hydroxylation is 2. The van der Waals surface area contributed by atoms with Gasteiger partial charge in [-0.3, -0.25) is 0 Å². The van der Waals surface area contributed by atoms with Crippen molar-refractivity contribution in [1.29, 1.82) is 0 Å². The highest BCUT2D eigenvalue weighted by atomic mass is 16.5. The van der Waals surface area contributed by atoms with Gasteiger partial charge in [-0.25, -0.2) is 0 Å². The first kappa shape index (κ1) is 12.0. The minimum atomic E-state index is -0.0652. The molecule has 0 bridgehead atoms. The Balaban J connectivity index is 2.03. The predicted octanol–water partition coefficient (Wildman–Crippen LogP) is 3.87. The average molecular weight is 270 g/mol. The second-order valence-electron chi connectivity index (χ2n) is 6.06. The molecule has 0 radical (unpaired) electrons. The van der Waals surface area contributed by atoms with Crippen molar-refractivity contribution in [3.8, 4) is 5.75 Å². The first-order valence-electron chi connectivity index (χ1n) is 7.10. The number of aliphatic hydroxyl groups excluding tert-OH is 1. The third-order valence-corrected chi connectivity index (χ3v) is 4.60. The minimum absolute atomic E-state index is 0.0586. The van der Waals surface area contributed by atoms with Crippen LogP contribution in [0.1, 0.15) is 42.2 Å². The van der Waals surface area contributed by atoms with E-state index in [0.717, 1.165) is 46.3 Å². The Morgan fingerprint density at radius 3 is 2.60 bits per heavy atom. The molecule has 0 atom stereocenters. The lowest BCUT2D eigenvalue weighted by atomic mass is 9.95. The van der Waals surface area contributed by atoms with Gasteiger partial charge in [0.2, 0.25) is 0 Å². The first-order chi connectivity index (χ1) is 9.54. The Hall–Kier alpha value is -1.74. The van der Waals surface area contributed by atoms with E-state index in [0.29, 0.717) is 5.76 Å². The molecule has 1 spiro atoms. The highest BCUT2D eigenvalue weighted by Gasteiger charge is 2.46. The summed E-state index contributed by atoms with van der Waals surface area (Å²) in [7, 11) is 0. The number of rotatable bonds is 1. The zero-order valence-corrected chi connectivity index (χ0v) is 12.0. The predicted molar refractivity (Wildman–Crippen MR) is 77.9 cm³/mol. The molecule has 1 aliphatic carbocycles. The van der Waals surface area contributed by atoms with Crippen LogP contribution >= 0.6 is 0 Å². The van der Waals surface area contributed by atoms with Crippen LogP contribution in [0.3, 0.4) is 0 Å². The number of aliphatic hydroxyl groups is 1. The summed E-state index contributed by atoms with van der Waals surface area (Å²) < 4.78 is 12.0. The smallest absolute Gasteiger partial charge is 0.141 e. The van der Waals surface area contributed by atoms with Crippen molar-refractivity contribution in [2.24, 2.45) is 0 Å². The third kappa shape index (κ3) is 1.44. The lowest BCUT2D eigenvalue weighted by molar-refractivity contribution is 0.223. The van der Waals surface area contributed by atoms with Gasteiger partial charge in [0, 0.05) is 22.1 Å². The molecule has 1 aromatic heterocycles. The van der Waals surface area contributed by atoms with Crippen LogP contribution in [-0.4, -0.2) is 10.7 Å². The lowest BCUT2D eigenvalue weighted by Gasteiger charge is -2.25. The van der Waals surface area contributed by atoms with Gasteiger partial charge >= 0.3 is 0 Å². The van der Waals surface area contributed by atoms with Gasteiger partial charge in [0.25, 0.3) is 0 Å².